The molecule has 0 aliphatic rings. The van der Waals surface area contributed by atoms with Crippen LogP contribution in [0.2, 0.25) is 0 Å². The van der Waals surface area contributed by atoms with Gasteiger partial charge in [-0.15, -0.1) is 11.3 Å². The van der Waals surface area contributed by atoms with E-state index in [2.05, 4.69) is 73.0 Å². The van der Waals surface area contributed by atoms with Gasteiger partial charge in [-0.1, -0.05) is 54.1 Å². The predicted octanol–water partition coefficient (Wildman–Crippen LogP) is 5.39. The van der Waals surface area contributed by atoms with Crippen LogP contribution in [0.15, 0.2) is 66.0 Å². The van der Waals surface area contributed by atoms with Gasteiger partial charge in [0, 0.05) is 4.88 Å². The fraction of sp³-hybridized carbons (Fsp3) is 0.0588. The molecule has 0 amide bonds. The Balaban J connectivity index is 2.03. The van der Waals surface area contributed by atoms with E-state index in [0.717, 1.165) is 0 Å². The van der Waals surface area contributed by atoms with Crippen molar-refractivity contribution in [1.82, 2.24) is 0 Å². The van der Waals surface area contributed by atoms with Gasteiger partial charge in [0.2, 0.25) is 0 Å². The molecule has 3 rings (SSSR count). The predicted molar refractivity (Wildman–Crippen MR) is 79.9 cm³/mol. The maximum atomic E-state index is 2.26. The third kappa shape index (κ3) is 2.22. The van der Waals surface area contributed by atoms with Crippen molar-refractivity contribution in [2.75, 3.05) is 0 Å². The molecule has 2 aromatic carbocycles. The lowest BCUT2D eigenvalue weighted by atomic mass is 10.0. The molecule has 0 unspecified atom stereocenters. The summed E-state index contributed by atoms with van der Waals surface area (Å²) in [5, 5.41) is 2.12. The zero-order chi connectivity index (χ0) is 12.4. The smallest absolute Gasteiger partial charge is 0.0342 e. The molecule has 1 heteroatoms. The number of thiophene rings is 1. The van der Waals surface area contributed by atoms with Crippen molar-refractivity contribution in [3.63, 3.8) is 0 Å². The molecule has 0 spiro atoms. The van der Waals surface area contributed by atoms with Crippen molar-refractivity contribution in [1.29, 1.82) is 0 Å². The second-order valence-corrected chi connectivity index (χ2v) is 5.37. The summed E-state index contributed by atoms with van der Waals surface area (Å²) in [4.78, 5) is 1.32. The summed E-state index contributed by atoms with van der Waals surface area (Å²) in [6, 6.07) is 21.7. The highest BCUT2D eigenvalue weighted by molar-refractivity contribution is 7.13. The van der Waals surface area contributed by atoms with Crippen molar-refractivity contribution >= 4 is 11.3 Å². The van der Waals surface area contributed by atoms with Crippen molar-refractivity contribution in [3.8, 4) is 21.6 Å². The first-order valence-electron chi connectivity index (χ1n) is 6.04. The number of rotatable bonds is 2. The highest BCUT2D eigenvalue weighted by Gasteiger charge is 2.01. The molecule has 0 aliphatic carbocycles. The second kappa shape index (κ2) is 4.79. The zero-order valence-corrected chi connectivity index (χ0v) is 11.1. The van der Waals surface area contributed by atoms with Gasteiger partial charge in [0.15, 0.2) is 0 Å². The van der Waals surface area contributed by atoms with E-state index in [9.17, 15) is 0 Å². The Morgan fingerprint density at radius 1 is 0.722 bits per heavy atom. The van der Waals surface area contributed by atoms with E-state index >= 15 is 0 Å². The van der Waals surface area contributed by atoms with Gasteiger partial charge in [0.05, 0.1) is 0 Å². The van der Waals surface area contributed by atoms with Crippen LogP contribution in [-0.2, 0) is 0 Å². The zero-order valence-electron chi connectivity index (χ0n) is 10.3. The van der Waals surface area contributed by atoms with Crippen LogP contribution in [0.25, 0.3) is 21.6 Å². The van der Waals surface area contributed by atoms with Gasteiger partial charge >= 0.3 is 0 Å². The van der Waals surface area contributed by atoms with Gasteiger partial charge in [-0.2, -0.15) is 0 Å². The number of benzene rings is 2. The summed E-state index contributed by atoms with van der Waals surface area (Å²) in [5.41, 5.74) is 5.15. The van der Waals surface area contributed by atoms with Gasteiger partial charge in [-0.05, 0) is 41.1 Å². The molecule has 0 saturated heterocycles. The number of hydrogen-bond acceptors (Lipinski definition) is 1. The van der Waals surface area contributed by atoms with Crippen LogP contribution < -0.4 is 0 Å². The average molecular weight is 250 g/mol. The summed E-state index contributed by atoms with van der Waals surface area (Å²) >= 11 is 1.78. The fourth-order valence-electron chi connectivity index (χ4n) is 2.04. The molecule has 0 bridgehead atoms. The summed E-state index contributed by atoms with van der Waals surface area (Å²) < 4.78 is 0. The standard InChI is InChI=1S/C17H14S/c1-13-7-9-14(10-8-13)15-4-2-5-16(12-15)17-6-3-11-18-17/h2-12H,1H3. The van der Waals surface area contributed by atoms with Crippen LogP contribution in [0.3, 0.4) is 0 Å². The van der Waals surface area contributed by atoms with Crippen LogP contribution in [0.1, 0.15) is 5.56 Å². The maximum Gasteiger partial charge on any atom is 0.0342 e. The van der Waals surface area contributed by atoms with Crippen LogP contribution in [0.4, 0.5) is 0 Å². The Labute approximate surface area is 112 Å². The van der Waals surface area contributed by atoms with Crippen molar-refractivity contribution in [2.24, 2.45) is 0 Å². The Morgan fingerprint density at radius 3 is 2.22 bits per heavy atom. The summed E-state index contributed by atoms with van der Waals surface area (Å²) in [6.45, 7) is 2.12. The minimum absolute atomic E-state index is 1.28. The molecule has 3 aromatic rings. The second-order valence-electron chi connectivity index (χ2n) is 4.42. The minimum atomic E-state index is 1.28. The molecule has 0 radical (unpaired) electrons. The van der Waals surface area contributed by atoms with E-state index < -0.39 is 0 Å². The van der Waals surface area contributed by atoms with E-state index in [1.165, 1.54) is 27.1 Å². The van der Waals surface area contributed by atoms with Gasteiger partial charge in [-0.3, -0.25) is 0 Å². The van der Waals surface area contributed by atoms with Gasteiger partial charge in [0.1, 0.15) is 0 Å². The Hall–Kier alpha value is -1.86. The Bertz CT molecular complexity index is 634. The Kier molecular flexibility index (Phi) is 2.99. The van der Waals surface area contributed by atoms with E-state index in [0.29, 0.717) is 0 Å². The van der Waals surface area contributed by atoms with E-state index in [4.69, 9.17) is 0 Å². The number of aryl methyl sites for hydroxylation is 1. The largest absolute Gasteiger partial charge is 0.144 e. The van der Waals surface area contributed by atoms with Gasteiger partial charge in [0.25, 0.3) is 0 Å². The van der Waals surface area contributed by atoms with Gasteiger partial charge in [-0.25, -0.2) is 0 Å². The molecular formula is C17H14S. The van der Waals surface area contributed by atoms with E-state index in [-0.39, 0.29) is 0 Å². The molecule has 0 nitrogen and oxygen atoms in total. The number of hydrogen-bond donors (Lipinski definition) is 0. The lowest BCUT2D eigenvalue weighted by molar-refractivity contribution is 1.47. The van der Waals surface area contributed by atoms with Crippen LogP contribution >= 0.6 is 11.3 Å². The molecule has 88 valence electrons. The lowest BCUT2D eigenvalue weighted by Crippen LogP contribution is -1.80. The Morgan fingerprint density at radius 2 is 1.50 bits per heavy atom. The van der Waals surface area contributed by atoms with Crippen molar-refractivity contribution < 1.29 is 0 Å². The molecule has 0 aliphatic heterocycles. The lowest BCUT2D eigenvalue weighted by Gasteiger charge is -2.05. The fourth-order valence-corrected chi connectivity index (χ4v) is 2.76. The highest BCUT2D eigenvalue weighted by Crippen LogP contribution is 2.29. The molecule has 1 heterocycles. The summed E-state index contributed by atoms with van der Waals surface area (Å²) in [6.07, 6.45) is 0. The topological polar surface area (TPSA) is 0 Å². The normalized spacial score (nSPS) is 10.5. The monoisotopic (exact) mass is 250 g/mol. The third-order valence-corrected chi connectivity index (χ3v) is 3.97. The van der Waals surface area contributed by atoms with Crippen LogP contribution in [-0.4, -0.2) is 0 Å². The molecule has 0 atom stereocenters. The minimum Gasteiger partial charge on any atom is -0.144 e. The molecule has 0 fully saturated rings. The molecule has 1 aromatic heterocycles. The van der Waals surface area contributed by atoms with Crippen molar-refractivity contribution in [2.45, 2.75) is 6.92 Å². The molecular weight excluding hydrogens is 236 g/mol. The van der Waals surface area contributed by atoms with E-state index in [1.807, 2.05) is 0 Å². The van der Waals surface area contributed by atoms with Crippen LogP contribution in [0, 0.1) is 6.92 Å². The summed E-state index contributed by atoms with van der Waals surface area (Å²) in [5.74, 6) is 0. The molecule has 18 heavy (non-hydrogen) atoms. The van der Waals surface area contributed by atoms with Crippen LogP contribution in [0.5, 0.6) is 0 Å². The molecule has 0 N–H and O–H groups in total. The first-order chi connectivity index (χ1) is 8.83. The highest BCUT2D eigenvalue weighted by atomic mass is 32.1. The quantitative estimate of drug-likeness (QED) is 0.572. The van der Waals surface area contributed by atoms with Crippen molar-refractivity contribution in [3.05, 3.63) is 71.6 Å². The van der Waals surface area contributed by atoms with Gasteiger partial charge < -0.3 is 0 Å². The van der Waals surface area contributed by atoms with E-state index in [1.54, 1.807) is 11.3 Å². The maximum absolute atomic E-state index is 2.26. The molecule has 0 saturated carbocycles. The average Bonchev–Trinajstić information content (AvgIpc) is 2.94. The third-order valence-electron chi connectivity index (χ3n) is 3.05. The SMILES string of the molecule is Cc1ccc(-c2cccc(-c3cccs3)c2)cc1. The summed E-state index contributed by atoms with van der Waals surface area (Å²) in [7, 11) is 0. The first-order valence-corrected chi connectivity index (χ1v) is 6.92. The first kappa shape index (κ1) is 11.2.